The zero-order valence-corrected chi connectivity index (χ0v) is 11.8. The molecule has 2 aromatic heterocycles. The van der Waals surface area contributed by atoms with Gasteiger partial charge in [-0.1, -0.05) is 23.7 Å². The van der Waals surface area contributed by atoms with E-state index in [0.717, 1.165) is 5.56 Å². The summed E-state index contributed by atoms with van der Waals surface area (Å²) in [5, 5.41) is 11.1. The number of halogens is 1. The zero-order valence-electron chi connectivity index (χ0n) is 11.0. The van der Waals surface area contributed by atoms with Gasteiger partial charge in [-0.25, -0.2) is 0 Å². The second kappa shape index (κ2) is 5.93. The standard InChI is InChI=1S/C15H12ClN3O2/c16-11-3-1-10(2-4-11)6-8-21-15-18-13-9-17-7-5-12(13)14(20)19-15/h1-5,7,9H,6,8H2,(H,18,19,20). The molecule has 0 radical (unpaired) electrons. The maximum Gasteiger partial charge on any atom is 0.320 e. The molecule has 0 fully saturated rings. The van der Waals surface area contributed by atoms with Crippen LogP contribution < -0.4 is 4.74 Å². The van der Waals surface area contributed by atoms with Crippen LogP contribution in [0.1, 0.15) is 5.56 Å². The first kappa shape index (κ1) is 13.6. The second-order valence-corrected chi connectivity index (χ2v) is 4.88. The van der Waals surface area contributed by atoms with Gasteiger partial charge >= 0.3 is 6.01 Å². The third-order valence-electron chi connectivity index (χ3n) is 2.99. The Kier molecular flexibility index (Phi) is 3.83. The molecule has 2 heterocycles. The quantitative estimate of drug-likeness (QED) is 0.802. The van der Waals surface area contributed by atoms with Crippen molar-refractivity contribution in [3.63, 3.8) is 0 Å². The Morgan fingerprint density at radius 2 is 1.90 bits per heavy atom. The van der Waals surface area contributed by atoms with Gasteiger partial charge in [-0.15, -0.1) is 0 Å². The molecule has 3 rings (SSSR count). The summed E-state index contributed by atoms with van der Waals surface area (Å²) in [4.78, 5) is 12.1. The summed E-state index contributed by atoms with van der Waals surface area (Å²) in [7, 11) is 0. The van der Waals surface area contributed by atoms with Gasteiger partial charge in [0.05, 0.1) is 23.7 Å². The molecule has 0 aliphatic heterocycles. The Balaban J connectivity index is 1.69. The van der Waals surface area contributed by atoms with Crippen molar-refractivity contribution in [2.45, 2.75) is 6.42 Å². The Morgan fingerprint density at radius 3 is 2.71 bits per heavy atom. The van der Waals surface area contributed by atoms with E-state index in [1.807, 2.05) is 24.3 Å². The summed E-state index contributed by atoms with van der Waals surface area (Å²) in [5.41, 5.74) is 1.65. The van der Waals surface area contributed by atoms with Crippen LogP contribution in [0.3, 0.4) is 0 Å². The van der Waals surface area contributed by atoms with Crippen LogP contribution >= 0.6 is 11.6 Å². The molecule has 1 N–H and O–H groups in total. The van der Waals surface area contributed by atoms with E-state index in [2.05, 4.69) is 15.0 Å². The van der Waals surface area contributed by atoms with Gasteiger partial charge in [-0.2, -0.15) is 9.97 Å². The van der Waals surface area contributed by atoms with Crippen molar-refractivity contribution < 1.29 is 9.84 Å². The Morgan fingerprint density at radius 1 is 1.10 bits per heavy atom. The summed E-state index contributed by atoms with van der Waals surface area (Å²) in [5.74, 6) is -0.108. The lowest BCUT2D eigenvalue weighted by molar-refractivity contribution is 0.292. The van der Waals surface area contributed by atoms with Crippen molar-refractivity contribution in [1.82, 2.24) is 15.0 Å². The zero-order chi connectivity index (χ0) is 14.7. The van der Waals surface area contributed by atoms with Gasteiger partial charge in [0.2, 0.25) is 5.88 Å². The summed E-state index contributed by atoms with van der Waals surface area (Å²) < 4.78 is 5.49. The van der Waals surface area contributed by atoms with Crippen molar-refractivity contribution in [3.8, 4) is 11.9 Å². The van der Waals surface area contributed by atoms with E-state index in [0.29, 0.717) is 29.0 Å². The van der Waals surface area contributed by atoms with Gasteiger partial charge < -0.3 is 9.84 Å². The van der Waals surface area contributed by atoms with Gasteiger partial charge in [-0.05, 0) is 23.8 Å². The van der Waals surface area contributed by atoms with Gasteiger partial charge in [0, 0.05) is 17.6 Å². The van der Waals surface area contributed by atoms with Crippen LogP contribution in [-0.2, 0) is 6.42 Å². The number of ether oxygens (including phenoxy) is 1. The van der Waals surface area contributed by atoms with Crippen LogP contribution in [-0.4, -0.2) is 26.7 Å². The molecule has 0 saturated carbocycles. The molecular formula is C15H12ClN3O2. The minimum atomic E-state index is -0.108. The molecule has 0 amide bonds. The molecule has 0 aliphatic rings. The number of hydrogen-bond donors (Lipinski definition) is 1. The van der Waals surface area contributed by atoms with Crippen LogP contribution in [0.25, 0.3) is 10.9 Å². The highest BCUT2D eigenvalue weighted by Crippen LogP contribution is 2.22. The van der Waals surface area contributed by atoms with Crippen molar-refractivity contribution in [1.29, 1.82) is 0 Å². The monoisotopic (exact) mass is 301 g/mol. The third kappa shape index (κ3) is 3.20. The molecule has 3 aromatic rings. The number of aromatic hydroxyl groups is 1. The molecule has 5 nitrogen and oxygen atoms in total. The maximum absolute atomic E-state index is 9.83. The van der Waals surface area contributed by atoms with E-state index in [9.17, 15) is 5.11 Å². The van der Waals surface area contributed by atoms with Crippen molar-refractivity contribution in [3.05, 3.63) is 53.3 Å². The Hall–Kier alpha value is -2.40. The minimum Gasteiger partial charge on any atom is -0.493 e. The average molecular weight is 302 g/mol. The van der Waals surface area contributed by atoms with Gasteiger partial charge in [0.15, 0.2) is 0 Å². The predicted molar refractivity (Wildman–Crippen MR) is 79.6 cm³/mol. The number of fused-ring (bicyclic) bond motifs is 1. The summed E-state index contributed by atoms with van der Waals surface area (Å²) >= 11 is 5.83. The smallest absolute Gasteiger partial charge is 0.320 e. The van der Waals surface area contributed by atoms with Crippen molar-refractivity contribution in [2.24, 2.45) is 0 Å². The van der Waals surface area contributed by atoms with Gasteiger partial charge in [0.25, 0.3) is 0 Å². The number of rotatable bonds is 4. The third-order valence-corrected chi connectivity index (χ3v) is 3.25. The number of benzene rings is 1. The summed E-state index contributed by atoms with van der Waals surface area (Å²) in [6, 6.07) is 9.34. The maximum atomic E-state index is 9.83. The molecule has 0 aliphatic carbocycles. The van der Waals surface area contributed by atoms with Gasteiger partial charge in [-0.3, -0.25) is 4.98 Å². The normalized spacial score (nSPS) is 10.7. The highest BCUT2D eigenvalue weighted by Gasteiger charge is 2.07. The lowest BCUT2D eigenvalue weighted by Crippen LogP contribution is -2.04. The highest BCUT2D eigenvalue weighted by molar-refractivity contribution is 6.30. The molecule has 106 valence electrons. The molecular weight excluding hydrogens is 290 g/mol. The van der Waals surface area contributed by atoms with Crippen molar-refractivity contribution >= 4 is 22.5 Å². The second-order valence-electron chi connectivity index (χ2n) is 4.45. The lowest BCUT2D eigenvalue weighted by Gasteiger charge is -2.06. The minimum absolute atomic E-state index is 0.108. The topological polar surface area (TPSA) is 68.1 Å². The number of hydrogen-bond acceptors (Lipinski definition) is 5. The predicted octanol–water partition coefficient (Wildman–Crippen LogP) is 3.01. The molecule has 1 aromatic carbocycles. The molecule has 21 heavy (non-hydrogen) atoms. The number of pyridine rings is 1. The molecule has 6 heteroatoms. The fraction of sp³-hybridized carbons (Fsp3) is 0.133. The average Bonchev–Trinajstić information content (AvgIpc) is 2.49. The van der Waals surface area contributed by atoms with Crippen LogP contribution in [0.4, 0.5) is 0 Å². The van der Waals surface area contributed by atoms with E-state index in [1.165, 1.54) is 0 Å². The molecule has 0 saturated heterocycles. The highest BCUT2D eigenvalue weighted by atomic mass is 35.5. The molecule has 0 unspecified atom stereocenters. The van der Waals surface area contributed by atoms with E-state index in [-0.39, 0.29) is 11.9 Å². The molecule has 0 atom stereocenters. The summed E-state index contributed by atoms with van der Waals surface area (Å²) in [6.45, 7) is 0.410. The van der Waals surface area contributed by atoms with Crippen LogP contribution in [0.5, 0.6) is 11.9 Å². The first-order valence-electron chi connectivity index (χ1n) is 6.40. The SMILES string of the molecule is Oc1nc(OCCc2ccc(Cl)cc2)nc2cnccc12. The molecule has 0 bridgehead atoms. The van der Waals surface area contributed by atoms with Gasteiger partial charge in [0.1, 0.15) is 0 Å². The van der Waals surface area contributed by atoms with Crippen molar-refractivity contribution in [2.75, 3.05) is 6.61 Å². The largest absolute Gasteiger partial charge is 0.493 e. The van der Waals surface area contributed by atoms with E-state index in [1.54, 1.807) is 18.5 Å². The van der Waals surface area contributed by atoms with Crippen LogP contribution in [0.2, 0.25) is 5.02 Å². The van der Waals surface area contributed by atoms with Crippen LogP contribution in [0.15, 0.2) is 42.7 Å². The van der Waals surface area contributed by atoms with E-state index < -0.39 is 0 Å². The lowest BCUT2D eigenvalue weighted by atomic mass is 10.2. The van der Waals surface area contributed by atoms with E-state index >= 15 is 0 Å². The Labute approximate surface area is 126 Å². The number of aromatic nitrogens is 3. The first-order chi connectivity index (χ1) is 10.2. The first-order valence-corrected chi connectivity index (χ1v) is 6.78. The fourth-order valence-electron chi connectivity index (χ4n) is 1.92. The van der Waals surface area contributed by atoms with E-state index in [4.69, 9.17) is 16.3 Å². The fourth-order valence-corrected chi connectivity index (χ4v) is 2.04. The summed E-state index contributed by atoms with van der Waals surface area (Å²) in [6.07, 6.45) is 3.83. The Bertz CT molecular complexity index is 762. The number of nitrogens with zero attached hydrogens (tertiary/aromatic N) is 3. The molecule has 0 spiro atoms. The van der Waals surface area contributed by atoms with Crippen LogP contribution in [0, 0.1) is 0 Å².